The molecule has 102 valence electrons. The van der Waals surface area contributed by atoms with Crippen molar-refractivity contribution >= 4 is 10.0 Å². The zero-order valence-electron chi connectivity index (χ0n) is 11.0. The highest BCUT2D eigenvalue weighted by atomic mass is 32.2. The first-order valence-corrected chi connectivity index (χ1v) is 7.87. The average Bonchev–Trinajstić information content (AvgIpc) is 2.85. The van der Waals surface area contributed by atoms with Crippen molar-refractivity contribution in [1.29, 1.82) is 0 Å². The molecule has 0 bridgehead atoms. The second kappa shape index (κ2) is 5.72. The van der Waals surface area contributed by atoms with Gasteiger partial charge in [0.05, 0.1) is 4.90 Å². The van der Waals surface area contributed by atoms with Gasteiger partial charge in [-0.05, 0) is 42.5 Å². The van der Waals surface area contributed by atoms with Crippen molar-refractivity contribution < 1.29 is 8.42 Å². The lowest BCUT2D eigenvalue weighted by Crippen LogP contribution is -2.31. The maximum atomic E-state index is 12.5. The second-order valence-electron chi connectivity index (χ2n) is 4.68. The largest absolute Gasteiger partial charge is 0.243 e. The SMILES string of the molecule is C=CCN(CC=C)S(=O)(=O)c1ccc2c(c1)CCC2. The van der Waals surface area contributed by atoms with E-state index in [4.69, 9.17) is 0 Å². The Bertz CT molecular complexity index is 580. The molecule has 3 nitrogen and oxygen atoms in total. The van der Waals surface area contributed by atoms with Gasteiger partial charge in [-0.15, -0.1) is 13.2 Å². The van der Waals surface area contributed by atoms with Gasteiger partial charge >= 0.3 is 0 Å². The fraction of sp³-hybridized carbons (Fsp3) is 0.333. The third-order valence-corrected chi connectivity index (χ3v) is 5.20. The molecule has 0 saturated heterocycles. The van der Waals surface area contributed by atoms with E-state index in [9.17, 15) is 8.42 Å². The highest BCUT2D eigenvalue weighted by Crippen LogP contribution is 2.26. The van der Waals surface area contributed by atoms with Crippen LogP contribution in [0, 0.1) is 0 Å². The molecule has 4 heteroatoms. The van der Waals surface area contributed by atoms with E-state index in [1.807, 2.05) is 12.1 Å². The summed E-state index contributed by atoms with van der Waals surface area (Å²) in [4.78, 5) is 0.372. The number of rotatable bonds is 6. The number of hydrogen-bond donors (Lipinski definition) is 0. The Morgan fingerprint density at radius 1 is 1.11 bits per heavy atom. The minimum atomic E-state index is -3.46. The molecule has 1 aliphatic rings. The molecule has 0 aliphatic heterocycles. The normalized spacial score (nSPS) is 14.4. The number of benzene rings is 1. The third-order valence-electron chi connectivity index (χ3n) is 3.37. The lowest BCUT2D eigenvalue weighted by Gasteiger charge is -2.19. The molecular formula is C15H19NO2S. The fourth-order valence-corrected chi connectivity index (χ4v) is 3.85. The highest BCUT2D eigenvalue weighted by molar-refractivity contribution is 7.89. The van der Waals surface area contributed by atoms with E-state index in [1.165, 1.54) is 15.4 Å². The summed E-state index contributed by atoms with van der Waals surface area (Å²) < 4.78 is 26.5. The molecule has 0 spiro atoms. The summed E-state index contributed by atoms with van der Waals surface area (Å²) in [6.45, 7) is 7.81. The minimum absolute atomic E-state index is 0.297. The van der Waals surface area contributed by atoms with Crippen LogP contribution in [-0.2, 0) is 22.9 Å². The van der Waals surface area contributed by atoms with Gasteiger partial charge < -0.3 is 0 Å². The maximum Gasteiger partial charge on any atom is 0.243 e. The predicted octanol–water partition coefficient (Wildman–Crippen LogP) is 2.54. The molecule has 0 unspecified atom stereocenters. The lowest BCUT2D eigenvalue weighted by atomic mass is 10.1. The first-order valence-electron chi connectivity index (χ1n) is 6.43. The van der Waals surface area contributed by atoms with Crippen molar-refractivity contribution in [3.63, 3.8) is 0 Å². The summed E-state index contributed by atoms with van der Waals surface area (Å²) in [6, 6.07) is 5.46. The Morgan fingerprint density at radius 3 is 2.37 bits per heavy atom. The monoisotopic (exact) mass is 277 g/mol. The van der Waals surface area contributed by atoms with Crippen LogP contribution in [0.25, 0.3) is 0 Å². The van der Waals surface area contributed by atoms with E-state index in [2.05, 4.69) is 13.2 Å². The first-order chi connectivity index (χ1) is 9.09. The molecule has 19 heavy (non-hydrogen) atoms. The summed E-state index contributed by atoms with van der Waals surface area (Å²) in [5.41, 5.74) is 2.44. The van der Waals surface area contributed by atoms with E-state index in [1.54, 1.807) is 18.2 Å². The van der Waals surface area contributed by atoms with Crippen LogP contribution in [0.15, 0.2) is 48.4 Å². The minimum Gasteiger partial charge on any atom is -0.207 e. The zero-order valence-corrected chi connectivity index (χ0v) is 11.8. The zero-order chi connectivity index (χ0) is 13.9. The van der Waals surface area contributed by atoms with Crippen LogP contribution in [0.4, 0.5) is 0 Å². The van der Waals surface area contributed by atoms with Crippen molar-refractivity contribution in [2.45, 2.75) is 24.2 Å². The van der Waals surface area contributed by atoms with Gasteiger partial charge in [0.25, 0.3) is 0 Å². The number of nitrogens with zero attached hydrogens (tertiary/aromatic N) is 1. The molecule has 0 radical (unpaired) electrons. The van der Waals surface area contributed by atoms with Gasteiger partial charge in [0.1, 0.15) is 0 Å². The van der Waals surface area contributed by atoms with Crippen LogP contribution in [0.2, 0.25) is 0 Å². The topological polar surface area (TPSA) is 37.4 Å². The summed E-state index contributed by atoms with van der Waals surface area (Å²) in [5.74, 6) is 0. The van der Waals surface area contributed by atoms with Crippen molar-refractivity contribution in [3.8, 4) is 0 Å². The van der Waals surface area contributed by atoms with Gasteiger partial charge in [0, 0.05) is 13.1 Å². The van der Waals surface area contributed by atoms with Crippen molar-refractivity contribution in [3.05, 3.63) is 54.6 Å². The molecule has 1 aliphatic carbocycles. The van der Waals surface area contributed by atoms with Crippen LogP contribution < -0.4 is 0 Å². The Labute approximate surface area is 115 Å². The Morgan fingerprint density at radius 2 is 1.74 bits per heavy atom. The van der Waals surface area contributed by atoms with Gasteiger partial charge in [-0.25, -0.2) is 8.42 Å². The van der Waals surface area contributed by atoms with Crippen LogP contribution in [0.1, 0.15) is 17.5 Å². The van der Waals surface area contributed by atoms with Crippen LogP contribution in [-0.4, -0.2) is 25.8 Å². The lowest BCUT2D eigenvalue weighted by molar-refractivity contribution is 0.474. The number of hydrogen-bond acceptors (Lipinski definition) is 2. The van der Waals surface area contributed by atoms with Gasteiger partial charge in [-0.2, -0.15) is 4.31 Å². The first kappa shape index (κ1) is 14.0. The van der Waals surface area contributed by atoms with Gasteiger partial charge in [0.15, 0.2) is 0 Å². The average molecular weight is 277 g/mol. The Hall–Kier alpha value is -1.39. The summed E-state index contributed by atoms with van der Waals surface area (Å²) in [6.07, 6.45) is 6.32. The van der Waals surface area contributed by atoms with E-state index in [-0.39, 0.29) is 0 Å². The van der Waals surface area contributed by atoms with E-state index in [0.29, 0.717) is 18.0 Å². The molecule has 2 rings (SSSR count). The summed E-state index contributed by atoms with van der Waals surface area (Å²) in [5, 5.41) is 0. The number of sulfonamides is 1. The molecule has 1 aromatic rings. The van der Waals surface area contributed by atoms with Crippen molar-refractivity contribution in [2.75, 3.05) is 13.1 Å². The van der Waals surface area contributed by atoms with Crippen molar-refractivity contribution in [1.82, 2.24) is 4.31 Å². The standard InChI is InChI=1S/C15H19NO2S/c1-3-10-16(11-4-2)19(17,18)15-9-8-13-6-5-7-14(13)12-15/h3-4,8-9,12H,1-2,5-7,10-11H2. The Kier molecular flexibility index (Phi) is 4.22. The van der Waals surface area contributed by atoms with Crippen molar-refractivity contribution in [2.24, 2.45) is 0 Å². The maximum absolute atomic E-state index is 12.5. The van der Waals surface area contributed by atoms with Gasteiger partial charge in [-0.3, -0.25) is 0 Å². The summed E-state index contributed by atoms with van der Waals surface area (Å²) in [7, 11) is -3.46. The quantitative estimate of drug-likeness (QED) is 0.749. The fourth-order valence-electron chi connectivity index (χ4n) is 2.42. The van der Waals surface area contributed by atoms with Crippen LogP contribution in [0.5, 0.6) is 0 Å². The predicted molar refractivity (Wildman–Crippen MR) is 77.6 cm³/mol. The molecular weight excluding hydrogens is 258 g/mol. The molecule has 1 aromatic carbocycles. The second-order valence-corrected chi connectivity index (χ2v) is 6.62. The third kappa shape index (κ3) is 2.80. The molecule has 0 heterocycles. The smallest absolute Gasteiger partial charge is 0.207 e. The van der Waals surface area contributed by atoms with Crippen LogP contribution in [0.3, 0.4) is 0 Å². The Balaban J connectivity index is 2.37. The van der Waals surface area contributed by atoms with E-state index < -0.39 is 10.0 Å². The molecule has 0 atom stereocenters. The van der Waals surface area contributed by atoms with Gasteiger partial charge in [-0.1, -0.05) is 18.2 Å². The van der Waals surface area contributed by atoms with Crippen LogP contribution >= 0.6 is 0 Å². The molecule has 0 saturated carbocycles. The number of fused-ring (bicyclic) bond motifs is 1. The van der Waals surface area contributed by atoms with Gasteiger partial charge in [0.2, 0.25) is 10.0 Å². The highest BCUT2D eigenvalue weighted by Gasteiger charge is 2.24. The van der Waals surface area contributed by atoms with E-state index >= 15 is 0 Å². The molecule has 0 fully saturated rings. The molecule has 0 amide bonds. The summed E-state index contributed by atoms with van der Waals surface area (Å²) >= 11 is 0. The molecule has 0 aromatic heterocycles. The molecule has 0 N–H and O–H groups in total. The number of aryl methyl sites for hydroxylation is 2. The van der Waals surface area contributed by atoms with E-state index in [0.717, 1.165) is 19.3 Å².